The van der Waals surface area contributed by atoms with Gasteiger partial charge < -0.3 is 9.36 Å². The summed E-state index contributed by atoms with van der Waals surface area (Å²) in [7, 11) is 1.89. The number of rotatable bonds is 3. The largest absolute Gasteiger partial charge is 0.350 e. The van der Waals surface area contributed by atoms with E-state index in [1.165, 1.54) is 12.1 Å². The highest BCUT2D eigenvalue weighted by Gasteiger charge is 2.07. The summed E-state index contributed by atoms with van der Waals surface area (Å²) >= 11 is 0. The van der Waals surface area contributed by atoms with Crippen LogP contribution in [0.3, 0.4) is 0 Å². The quantitative estimate of drug-likeness (QED) is 0.778. The van der Waals surface area contributed by atoms with Crippen molar-refractivity contribution in [1.82, 2.24) is 4.57 Å². The number of nitrogens with zero attached hydrogens (tertiary/aromatic N) is 1. The first-order valence-corrected chi connectivity index (χ1v) is 5.31. The average Bonchev–Trinajstić information content (AvgIpc) is 2.53. The molecule has 2 aromatic rings. The molecule has 0 atom stereocenters. The molecule has 0 radical (unpaired) electrons. The van der Waals surface area contributed by atoms with E-state index in [0.717, 1.165) is 22.9 Å². The maximum Gasteiger partial charge on any atom is 0.130 e. The van der Waals surface area contributed by atoms with Gasteiger partial charge in [0.2, 0.25) is 0 Å². The van der Waals surface area contributed by atoms with Crippen LogP contribution in [0, 0.1) is 5.82 Å². The molecule has 1 aromatic heterocycles. The molecule has 0 aliphatic heterocycles. The Labute approximate surface area is 93.7 Å². The summed E-state index contributed by atoms with van der Waals surface area (Å²) in [6.07, 6.45) is 3.22. The Balaban J connectivity index is 2.43. The van der Waals surface area contributed by atoms with Crippen molar-refractivity contribution in [2.75, 3.05) is 0 Å². The zero-order valence-electron chi connectivity index (χ0n) is 9.46. The van der Waals surface area contributed by atoms with Crippen LogP contribution >= 0.6 is 0 Å². The molecule has 1 heterocycles. The van der Waals surface area contributed by atoms with Gasteiger partial charge in [-0.25, -0.2) is 4.39 Å². The molecule has 0 fully saturated rings. The fourth-order valence-electron chi connectivity index (χ4n) is 1.95. The molecule has 0 aliphatic rings. The van der Waals surface area contributed by atoms with E-state index in [9.17, 15) is 9.18 Å². The lowest BCUT2D eigenvalue weighted by Crippen LogP contribution is -1.93. The van der Waals surface area contributed by atoms with Gasteiger partial charge in [0, 0.05) is 25.1 Å². The Morgan fingerprint density at radius 1 is 1.44 bits per heavy atom. The summed E-state index contributed by atoms with van der Waals surface area (Å²) in [5, 5.41) is 1.03. The number of halogens is 1. The first kappa shape index (κ1) is 10.9. The van der Waals surface area contributed by atoms with E-state index in [1.807, 2.05) is 17.8 Å². The van der Waals surface area contributed by atoms with Crippen molar-refractivity contribution in [3.8, 4) is 0 Å². The molecule has 0 spiro atoms. The molecule has 2 rings (SSSR count). The van der Waals surface area contributed by atoms with E-state index in [0.29, 0.717) is 6.42 Å². The van der Waals surface area contributed by atoms with Gasteiger partial charge in [0.1, 0.15) is 11.6 Å². The van der Waals surface area contributed by atoms with Gasteiger partial charge in [-0.1, -0.05) is 0 Å². The summed E-state index contributed by atoms with van der Waals surface area (Å²) in [5.74, 6) is -0.0501. The molecule has 0 amide bonds. The standard InChI is InChI=1S/C13H14FNO/c1-9(16)3-4-10-8-15(2)13-7-11(14)5-6-12(10)13/h5-8H,3-4H2,1-2H3. The Kier molecular flexibility index (Phi) is 2.77. The molecular formula is C13H14FNO. The third kappa shape index (κ3) is 1.98. The van der Waals surface area contributed by atoms with Crippen molar-refractivity contribution >= 4 is 16.7 Å². The fourth-order valence-corrected chi connectivity index (χ4v) is 1.95. The molecule has 0 bridgehead atoms. The summed E-state index contributed by atoms with van der Waals surface area (Å²) in [5.41, 5.74) is 1.98. The molecule has 3 heteroatoms. The first-order chi connectivity index (χ1) is 7.58. The second-order valence-corrected chi connectivity index (χ2v) is 4.13. The van der Waals surface area contributed by atoms with E-state index in [4.69, 9.17) is 0 Å². The zero-order valence-corrected chi connectivity index (χ0v) is 9.46. The Bertz CT molecular complexity index is 542. The molecule has 1 aromatic carbocycles. The van der Waals surface area contributed by atoms with Crippen LogP contribution in [0.15, 0.2) is 24.4 Å². The minimum absolute atomic E-state index is 0.180. The summed E-state index contributed by atoms with van der Waals surface area (Å²) in [4.78, 5) is 10.9. The monoisotopic (exact) mass is 219 g/mol. The molecule has 0 N–H and O–H groups in total. The van der Waals surface area contributed by atoms with Crippen molar-refractivity contribution in [3.63, 3.8) is 0 Å². The van der Waals surface area contributed by atoms with Gasteiger partial charge >= 0.3 is 0 Å². The average molecular weight is 219 g/mol. The van der Waals surface area contributed by atoms with Crippen LogP contribution in [0.1, 0.15) is 18.9 Å². The van der Waals surface area contributed by atoms with E-state index >= 15 is 0 Å². The van der Waals surface area contributed by atoms with Gasteiger partial charge in [0.25, 0.3) is 0 Å². The lowest BCUT2D eigenvalue weighted by Gasteiger charge is -1.97. The maximum absolute atomic E-state index is 13.1. The van der Waals surface area contributed by atoms with E-state index in [1.54, 1.807) is 13.0 Å². The Hall–Kier alpha value is -1.64. The molecular weight excluding hydrogens is 205 g/mol. The van der Waals surface area contributed by atoms with Gasteiger partial charge in [0.15, 0.2) is 0 Å². The third-order valence-corrected chi connectivity index (χ3v) is 2.78. The molecule has 2 nitrogen and oxygen atoms in total. The second kappa shape index (κ2) is 4.08. The lowest BCUT2D eigenvalue weighted by atomic mass is 10.1. The minimum atomic E-state index is -0.230. The molecule has 0 saturated carbocycles. The molecule has 84 valence electrons. The Morgan fingerprint density at radius 3 is 2.88 bits per heavy atom. The number of Topliss-reactive ketones (excluding diaryl/α,β-unsaturated/α-hetero) is 1. The number of ketones is 1. The highest BCUT2D eigenvalue weighted by molar-refractivity contribution is 5.85. The van der Waals surface area contributed by atoms with Crippen LogP contribution in [0.5, 0.6) is 0 Å². The van der Waals surface area contributed by atoms with Gasteiger partial charge in [-0.15, -0.1) is 0 Å². The Morgan fingerprint density at radius 2 is 2.19 bits per heavy atom. The predicted molar refractivity (Wildman–Crippen MR) is 61.9 cm³/mol. The number of aromatic nitrogens is 1. The highest BCUT2D eigenvalue weighted by atomic mass is 19.1. The number of aryl methyl sites for hydroxylation is 2. The normalized spacial score (nSPS) is 10.9. The molecule has 16 heavy (non-hydrogen) atoms. The van der Waals surface area contributed by atoms with Crippen LogP contribution in [0.25, 0.3) is 10.9 Å². The van der Waals surface area contributed by atoms with Crippen LogP contribution in [-0.2, 0) is 18.3 Å². The number of fused-ring (bicyclic) bond motifs is 1. The van der Waals surface area contributed by atoms with E-state index in [-0.39, 0.29) is 11.6 Å². The van der Waals surface area contributed by atoms with Crippen molar-refractivity contribution in [3.05, 3.63) is 35.8 Å². The summed E-state index contributed by atoms with van der Waals surface area (Å²) in [6, 6.07) is 4.76. The highest BCUT2D eigenvalue weighted by Crippen LogP contribution is 2.22. The molecule has 0 aliphatic carbocycles. The number of carbonyl (C=O) groups excluding carboxylic acids is 1. The zero-order chi connectivity index (χ0) is 11.7. The number of carbonyl (C=O) groups is 1. The van der Waals surface area contributed by atoms with Gasteiger partial charge in [-0.3, -0.25) is 0 Å². The fraction of sp³-hybridized carbons (Fsp3) is 0.308. The van der Waals surface area contributed by atoms with Crippen LogP contribution in [0.4, 0.5) is 4.39 Å². The maximum atomic E-state index is 13.1. The lowest BCUT2D eigenvalue weighted by molar-refractivity contribution is -0.116. The summed E-state index contributed by atoms with van der Waals surface area (Å²) < 4.78 is 15.0. The smallest absolute Gasteiger partial charge is 0.130 e. The van der Waals surface area contributed by atoms with Crippen LogP contribution in [0.2, 0.25) is 0 Å². The van der Waals surface area contributed by atoms with E-state index < -0.39 is 0 Å². The SMILES string of the molecule is CC(=O)CCc1cn(C)c2cc(F)ccc12. The van der Waals surface area contributed by atoms with Crippen molar-refractivity contribution < 1.29 is 9.18 Å². The first-order valence-electron chi connectivity index (χ1n) is 5.31. The third-order valence-electron chi connectivity index (χ3n) is 2.78. The van der Waals surface area contributed by atoms with Crippen LogP contribution < -0.4 is 0 Å². The second-order valence-electron chi connectivity index (χ2n) is 4.13. The van der Waals surface area contributed by atoms with Gasteiger partial charge in [-0.2, -0.15) is 0 Å². The van der Waals surface area contributed by atoms with Crippen molar-refractivity contribution in [2.24, 2.45) is 7.05 Å². The molecule has 0 unspecified atom stereocenters. The number of benzene rings is 1. The van der Waals surface area contributed by atoms with Crippen molar-refractivity contribution in [2.45, 2.75) is 19.8 Å². The van der Waals surface area contributed by atoms with Gasteiger partial charge in [-0.05, 0) is 37.1 Å². The number of hydrogen-bond acceptors (Lipinski definition) is 1. The predicted octanol–water partition coefficient (Wildman–Crippen LogP) is 2.84. The van der Waals surface area contributed by atoms with E-state index in [2.05, 4.69) is 0 Å². The van der Waals surface area contributed by atoms with Gasteiger partial charge in [0.05, 0.1) is 5.52 Å². The van der Waals surface area contributed by atoms with Crippen LogP contribution in [-0.4, -0.2) is 10.4 Å². The number of hydrogen-bond donors (Lipinski definition) is 0. The minimum Gasteiger partial charge on any atom is -0.350 e. The summed E-state index contributed by atoms with van der Waals surface area (Å²) in [6.45, 7) is 1.59. The molecule has 0 saturated heterocycles. The van der Waals surface area contributed by atoms with Crippen molar-refractivity contribution in [1.29, 1.82) is 0 Å². The topological polar surface area (TPSA) is 22.0 Å².